The quantitative estimate of drug-likeness (QED) is 0.516. The second-order valence-corrected chi connectivity index (χ2v) is 6.00. The van der Waals surface area contributed by atoms with Gasteiger partial charge < -0.3 is 14.8 Å². The zero-order chi connectivity index (χ0) is 19.8. The second-order valence-electron chi connectivity index (χ2n) is 6.00. The lowest BCUT2D eigenvalue weighted by atomic mass is 9.97. The Hall–Kier alpha value is -3.09. The Morgan fingerprint density at radius 2 is 1.70 bits per heavy atom. The van der Waals surface area contributed by atoms with Crippen molar-refractivity contribution in [3.63, 3.8) is 0 Å². The number of hydrogen-bond acceptors (Lipinski definition) is 5. The molecule has 2 aromatic rings. The summed E-state index contributed by atoms with van der Waals surface area (Å²) in [5.41, 5.74) is 0.892. The van der Waals surface area contributed by atoms with Gasteiger partial charge in [-0.05, 0) is 25.3 Å². The van der Waals surface area contributed by atoms with Crippen LogP contribution < -0.4 is 14.8 Å². The van der Waals surface area contributed by atoms with Gasteiger partial charge in [-0.1, -0.05) is 37.3 Å². The summed E-state index contributed by atoms with van der Waals surface area (Å²) in [6.07, 6.45) is 0.207. The van der Waals surface area contributed by atoms with E-state index in [1.165, 1.54) is 12.1 Å². The van der Waals surface area contributed by atoms with Crippen molar-refractivity contribution >= 4 is 17.3 Å². The maximum atomic E-state index is 12.4. The number of benzene rings is 2. The van der Waals surface area contributed by atoms with E-state index in [0.29, 0.717) is 19.0 Å². The second kappa shape index (κ2) is 9.56. The number of nitro groups is 1. The summed E-state index contributed by atoms with van der Waals surface area (Å²) in [6.45, 7) is 6.24. The summed E-state index contributed by atoms with van der Waals surface area (Å²) in [6, 6.07) is 12.4. The molecule has 144 valence electrons. The van der Waals surface area contributed by atoms with Crippen LogP contribution in [0.15, 0.2) is 42.5 Å². The van der Waals surface area contributed by atoms with Crippen LogP contribution in [-0.2, 0) is 4.79 Å². The average Bonchev–Trinajstić information content (AvgIpc) is 2.64. The molecule has 0 saturated carbocycles. The van der Waals surface area contributed by atoms with Crippen LogP contribution in [-0.4, -0.2) is 24.0 Å². The molecule has 1 amide bonds. The molecule has 0 aliphatic rings. The number of nitrogens with zero attached hydrogens (tertiary/aromatic N) is 1. The van der Waals surface area contributed by atoms with E-state index in [9.17, 15) is 14.9 Å². The highest BCUT2D eigenvalue weighted by Crippen LogP contribution is 2.38. The first kappa shape index (κ1) is 20.2. The molecular formula is C20H24N2O5. The molecule has 1 atom stereocenters. The number of ether oxygens (including phenoxy) is 2. The van der Waals surface area contributed by atoms with Gasteiger partial charge in [-0.15, -0.1) is 0 Å². The van der Waals surface area contributed by atoms with E-state index < -0.39 is 4.92 Å². The Kier molecular flexibility index (Phi) is 7.16. The molecule has 0 bridgehead atoms. The summed E-state index contributed by atoms with van der Waals surface area (Å²) in [4.78, 5) is 23.3. The number of hydrogen-bond donors (Lipinski definition) is 1. The number of nitro benzene ring substituents is 1. The standard InChI is InChI=1S/C20H24N2O5/c1-4-26-18-12-16(17(22(24)25)13-19(18)27-5-2)21-20(23)11-14(3)15-9-7-6-8-10-15/h6-10,12-14H,4-5,11H2,1-3H3,(H,21,23). The van der Waals surface area contributed by atoms with Crippen LogP contribution in [0, 0.1) is 10.1 Å². The molecular weight excluding hydrogens is 348 g/mol. The zero-order valence-electron chi connectivity index (χ0n) is 15.7. The van der Waals surface area contributed by atoms with E-state index in [4.69, 9.17) is 9.47 Å². The molecule has 0 saturated heterocycles. The summed E-state index contributed by atoms with van der Waals surface area (Å²) < 4.78 is 10.9. The van der Waals surface area contributed by atoms with Gasteiger partial charge in [0.05, 0.1) is 24.2 Å². The number of amides is 1. The van der Waals surface area contributed by atoms with Crippen molar-refractivity contribution in [1.82, 2.24) is 0 Å². The van der Waals surface area contributed by atoms with Crippen molar-refractivity contribution in [3.8, 4) is 11.5 Å². The maximum absolute atomic E-state index is 12.4. The summed E-state index contributed by atoms with van der Waals surface area (Å²) in [7, 11) is 0. The van der Waals surface area contributed by atoms with Gasteiger partial charge in [0, 0.05) is 12.5 Å². The number of carbonyl (C=O) groups is 1. The molecule has 0 heterocycles. The minimum absolute atomic E-state index is 0.0145. The van der Waals surface area contributed by atoms with Crippen molar-refractivity contribution in [2.75, 3.05) is 18.5 Å². The fourth-order valence-electron chi connectivity index (χ4n) is 2.72. The predicted octanol–water partition coefficient (Wildman–Crippen LogP) is 4.52. The van der Waals surface area contributed by atoms with Gasteiger partial charge in [0.2, 0.25) is 5.91 Å². The minimum atomic E-state index is -0.547. The van der Waals surface area contributed by atoms with Crippen molar-refractivity contribution < 1.29 is 19.2 Å². The lowest BCUT2D eigenvalue weighted by Gasteiger charge is -2.15. The third-order valence-electron chi connectivity index (χ3n) is 3.99. The van der Waals surface area contributed by atoms with Crippen molar-refractivity contribution in [3.05, 3.63) is 58.1 Å². The number of rotatable bonds is 9. The molecule has 1 N–H and O–H groups in total. The summed E-state index contributed by atoms with van der Waals surface area (Å²) >= 11 is 0. The van der Waals surface area contributed by atoms with Crippen LogP contribution in [0.1, 0.15) is 38.7 Å². The highest BCUT2D eigenvalue weighted by atomic mass is 16.6. The first-order valence-corrected chi connectivity index (χ1v) is 8.89. The SMILES string of the molecule is CCOc1cc(NC(=O)CC(C)c2ccccc2)c([N+](=O)[O-])cc1OCC. The van der Waals surface area contributed by atoms with Crippen LogP contribution in [0.5, 0.6) is 11.5 Å². The van der Waals surface area contributed by atoms with Crippen molar-refractivity contribution in [2.45, 2.75) is 33.1 Å². The Morgan fingerprint density at radius 3 is 2.26 bits per heavy atom. The van der Waals surface area contributed by atoms with Crippen molar-refractivity contribution in [2.24, 2.45) is 0 Å². The lowest BCUT2D eigenvalue weighted by Crippen LogP contribution is -2.15. The molecule has 7 nitrogen and oxygen atoms in total. The molecule has 27 heavy (non-hydrogen) atoms. The first-order chi connectivity index (χ1) is 13.0. The van der Waals surface area contributed by atoms with Gasteiger partial charge in [-0.2, -0.15) is 0 Å². The zero-order valence-corrected chi connectivity index (χ0v) is 15.7. The largest absolute Gasteiger partial charge is 0.490 e. The minimum Gasteiger partial charge on any atom is -0.490 e. The van der Waals surface area contributed by atoms with Gasteiger partial charge in [0.1, 0.15) is 5.69 Å². The van der Waals surface area contributed by atoms with E-state index >= 15 is 0 Å². The highest BCUT2D eigenvalue weighted by molar-refractivity contribution is 5.94. The van der Waals surface area contributed by atoms with Crippen LogP contribution in [0.4, 0.5) is 11.4 Å². The van der Waals surface area contributed by atoms with E-state index in [1.807, 2.05) is 37.3 Å². The van der Waals surface area contributed by atoms with Gasteiger partial charge >= 0.3 is 0 Å². The van der Waals surface area contributed by atoms with Gasteiger partial charge in [-0.3, -0.25) is 14.9 Å². The first-order valence-electron chi connectivity index (χ1n) is 8.89. The normalized spacial score (nSPS) is 11.5. The van der Waals surface area contributed by atoms with Gasteiger partial charge in [-0.25, -0.2) is 0 Å². The number of nitrogens with one attached hydrogen (secondary N) is 1. The molecule has 0 aromatic heterocycles. The lowest BCUT2D eigenvalue weighted by molar-refractivity contribution is -0.384. The third-order valence-corrected chi connectivity index (χ3v) is 3.99. The molecule has 0 fully saturated rings. The third kappa shape index (κ3) is 5.44. The van der Waals surface area contributed by atoms with Crippen LogP contribution in [0.25, 0.3) is 0 Å². The molecule has 0 spiro atoms. The number of carbonyl (C=O) groups excluding carboxylic acids is 1. The van der Waals surface area contributed by atoms with E-state index in [1.54, 1.807) is 13.8 Å². The monoisotopic (exact) mass is 372 g/mol. The molecule has 0 aliphatic heterocycles. The molecule has 2 rings (SSSR count). The van der Waals surface area contributed by atoms with E-state index in [-0.39, 0.29) is 35.4 Å². The molecule has 2 aromatic carbocycles. The van der Waals surface area contributed by atoms with E-state index in [0.717, 1.165) is 5.56 Å². The topological polar surface area (TPSA) is 90.7 Å². The molecule has 1 unspecified atom stereocenters. The van der Waals surface area contributed by atoms with Gasteiger partial charge in [0.25, 0.3) is 5.69 Å². The molecule has 7 heteroatoms. The fourth-order valence-corrected chi connectivity index (χ4v) is 2.72. The Bertz CT molecular complexity index is 792. The predicted molar refractivity (Wildman–Crippen MR) is 104 cm³/mol. The average molecular weight is 372 g/mol. The molecule has 0 radical (unpaired) electrons. The number of anilines is 1. The summed E-state index contributed by atoms with van der Waals surface area (Å²) in [5, 5.41) is 14.1. The van der Waals surface area contributed by atoms with Crippen molar-refractivity contribution in [1.29, 1.82) is 0 Å². The van der Waals surface area contributed by atoms with E-state index in [2.05, 4.69) is 5.32 Å². The Labute approximate surface area is 158 Å². The molecule has 0 aliphatic carbocycles. The van der Waals surface area contributed by atoms with Crippen LogP contribution >= 0.6 is 0 Å². The van der Waals surface area contributed by atoms with Gasteiger partial charge in [0.15, 0.2) is 11.5 Å². The van der Waals surface area contributed by atoms with Crippen LogP contribution in [0.2, 0.25) is 0 Å². The maximum Gasteiger partial charge on any atom is 0.296 e. The highest BCUT2D eigenvalue weighted by Gasteiger charge is 2.22. The van der Waals surface area contributed by atoms with Crippen LogP contribution in [0.3, 0.4) is 0 Å². The smallest absolute Gasteiger partial charge is 0.296 e. The Balaban J connectivity index is 2.23. The Morgan fingerprint density at radius 1 is 1.11 bits per heavy atom. The summed E-state index contributed by atoms with van der Waals surface area (Å²) in [5.74, 6) is 0.318. The fraction of sp³-hybridized carbons (Fsp3) is 0.350.